The molecule has 0 saturated carbocycles. The Morgan fingerprint density at radius 1 is 0.423 bits per heavy atom. The average Bonchev–Trinajstić information content (AvgIpc) is 2.66. The van der Waals surface area contributed by atoms with E-state index in [1.807, 2.05) is 0 Å². The Balaban J connectivity index is 3.00. The van der Waals surface area contributed by atoms with Gasteiger partial charge in [0.15, 0.2) is 0 Å². The molecule has 0 aliphatic heterocycles. The van der Waals surface area contributed by atoms with Crippen molar-refractivity contribution < 1.29 is 0 Å². The highest BCUT2D eigenvalue weighted by molar-refractivity contribution is 4.91. The van der Waals surface area contributed by atoms with E-state index in [1.54, 1.807) is 0 Å². The standard InChI is InChI=1S/C26H52/c1-4-6-7-8-9-10-11-12-13-14-15-16-17-18-19-20-21-22-23-24-25-26(3)5-2/h3-25H2,1-2H3. The first-order valence-corrected chi connectivity index (χ1v) is 12.5. The monoisotopic (exact) mass is 364 g/mol. The number of hydrogen-bond donors (Lipinski definition) is 0. The predicted molar refractivity (Wildman–Crippen MR) is 122 cm³/mol. The molecule has 0 atom stereocenters. The van der Waals surface area contributed by atoms with Gasteiger partial charge in [-0.15, -0.1) is 0 Å². The third kappa shape index (κ3) is 21.8. The Labute approximate surface area is 167 Å². The SMILES string of the molecule is C=C(CC)CCCCCCCCCCCCCCCCCCCCCC. The fourth-order valence-corrected chi connectivity index (χ4v) is 3.81. The third-order valence-electron chi connectivity index (χ3n) is 5.88. The molecule has 0 spiro atoms. The van der Waals surface area contributed by atoms with Crippen LogP contribution in [0, 0.1) is 0 Å². The Morgan fingerprint density at radius 3 is 0.962 bits per heavy atom. The molecule has 156 valence electrons. The minimum atomic E-state index is 1.17. The van der Waals surface area contributed by atoms with E-state index in [-0.39, 0.29) is 0 Å². The molecule has 0 radical (unpaired) electrons. The van der Waals surface area contributed by atoms with Crippen molar-refractivity contribution in [3.8, 4) is 0 Å². The largest absolute Gasteiger partial charge is 0.0999 e. The fraction of sp³-hybridized carbons (Fsp3) is 0.923. The zero-order valence-electron chi connectivity index (χ0n) is 18.8. The van der Waals surface area contributed by atoms with Gasteiger partial charge in [-0.05, 0) is 19.3 Å². The van der Waals surface area contributed by atoms with Crippen molar-refractivity contribution in [1.82, 2.24) is 0 Å². The lowest BCUT2D eigenvalue weighted by Crippen LogP contribution is -1.85. The third-order valence-corrected chi connectivity index (χ3v) is 5.88. The molecule has 0 nitrogen and oxygen atoms in total. The van der Waals surface area contributed by atoms with Crippen molar-refractivity contribution in [1.29, 1.82) is 0 Å². The highest BCUT2D eigenvalue weighted by atomic mass is 14.0. The maximum absolute atomic E-state index is 4.09. The summed E-state index contributed by atoms with van der Waals surface area (Å²) >= 11 is 0. The summed E-state index contributed by atoms with van der Waals surface area (Å²) in [6.07, 6.45) is 31.6. The second kappa shape index (κ2) is 22.8. The first kappa shape index (κ1) is 25.7. The van der Waals surface area contributed by atoms with Gasteiger partial charge in [-0.2, -0.15) is 0 Å². The maximum atomic E-state index is 4.09. The smallest absolute Gasteiger partial charge is 0.0323 e. The molecule has 0 bridgehead atoms. The first-order chi connectivity index (χ1) is 12.8. The Morgan fingerprint density at radius 2 is 0.692 bits per heavy atom. The molecule has 0 unspecified atom stereocenters. The Hall–Kier alpha value is -0.260. The molecular weight excluding hydrogens is 312 g/mol. The molecule has 0 heteroatoms. The number of hydrogen-bond acceptors (Lipinski definition) is 0. The summed E-state index contributed by atoms with van der Waals surface area (Å²) in [6.45, 7) is 8.61. The van der Waals surface area contributed by atoms with Crippen molar-refractivity contribution in [3.63, 3.8) is 0 Å². The van der Waals surface area contributed by atoms with Crippen LogP contribution in [-0.4, -0.2) is 0 Å². The van der Waals surface area contributed by atoms with E-state index in [0.717, 1.165) is 0 Å². The summed E-state index contributed by atoms with van der Waals surface area (Å²) in [5.74, 6) is 0. The van der Waals surface area contributed by atoms with Crippen molar-refractivity contribution in [2.24, 2.45) is 0 Å². The van der Waals surface area contributed by atoms with Gasteiger partial charge >= 0.3 is 0 Å². The molecular formula is C26H52. The molecule has 0 aromatic carbocycles. The summed E-state index contributed by atoms with van der Waals surface area (Å²) < 4.78 is 0. The second-order valence-electron chi connectivity index (χ2n) is 8.57. The van der Waals surface area contributed by atoms with E-state index in [9.17, 15) is 0 Å². The van der Waals surface area contributed by atoms with Crippen LogP contribution in [0.1, 0.15) is 155 Å². The molecule has 0 rings (SSSR count). The fourth-order valence-electron chi connectivity index (χ4n) is 3.81. The Kier molecular flexibility index (Phi) is 22.6. The van der Waals surface area contributed by atoms with E-state index >= 15 is 0 Å². The molecule has 0 aliphatic rings. The van der Waals surface area contributed by atoms with Gasteiger partial charge in [0, 0.05) is 0 Å². The molecule has 0 amide bonds. The van der Waals surface area contributed by atoms with Crippen molar-refractivity contribution in [3.05, 3.63) is 12.2 Å². The van der Waals surface area contributed by atoms with Gasteiger partial charge < -0.3 is 0 Å². The van der Waals surface area contributed by atoms with Gasteiger partial charge in [0.25, 0.3) is 0 Å². The summed E-state index contributed by atoms with van der Waals surface area (Å²) in [7, 11) is 0. The van der Waals surface area contributed by atoms with Crippen LogP contribution in [0.2, 0.25) is 0 Å². The minimum Gasteiger partial charge on any atom is -0.0999 e. The number of allylic oxidation sites excluding steroid dienone is 1. The van der Waals surface area contributed by atoms with Gasteiger partial charge in [-0.3, -0.25) is 0 Å². The molecule has 0 aromatic rings. The highest BCUT2D eigenvalue weighted by Crippen LogP contribution is 2.16. The van der Waals surface area contributed by atoms with Crippen LogP contribution in [0.3, 0.4) is 0 Å². The summed E-state index contributed by atoms with van der Waals surface area (Å²) in [4.78, 5) is 0. The van der Waals surface area contributed by atoms with E-state index in [4.69, 9.17) is 0 Å². The molecule has 0 aliphatic carbocycles. The van der Waals surface area contributed by atoms with E-state index in [0.29, 0.717) is 0 Å². The van der Waals surface area contributed by atoms with E-state index < -0.39 is 0 Å². The van der Waals surface area contributed by atoms with Crippen LogP contribution in [0.5, 0.6) is 0 Å². The van der Waals surface area contributed by atoms with Crippen LogP contribution in [0.4, 0.5) is 0 Å². The van der Waals surface area contributed by atoms with Gasteiger partial charge in [-0.25, -0.2) is 0 Å². The average molecular weight is 365 g/mol. The van der Waals surface area contributed by atoms with Crippen molar-refractivity contribution >= 4 is 0 Å². The van der Waals surface area contributed by atoms with E-state index in [2.05, 4.69) is 20.4 Å². The van der Waals surface area contributed by atoms with Crippen molar-refractivity contribution in [2.45, 2.75) is 155 Å². The van der Waals surface area contributed by atoms with Gasteiger partial charge in [0.1, 0.15) is 0 Å². The molecule has 26 heavy (non-hydrogen) atoms. The molecule has 0 N–H and O–H groups in total. The Bertz CT molecular complexity index is 265. The zero-order valence-corrected chi connectivity index (χ0v) is 18.8. The van der Waals surface area contributed by atoms with Gasteiger partial charge in [0.05, 0.1) is 0 Å². The quantitative estimate of drug-likeness (QED) is 0.132. The summed E-state index contributed by atoms with van der Waals surface area (Å²) in [5.41, 5.74) is 1.44. The topological polar surface area (TPSA) is 0 Å². The van der Waals surface area contributed by atoms with Gasteiger partial charge in [0.2, 0.25) is 0 Å². The molecule has 0 saturated heterocycles. The summed E-state index contributed by atoms with van der Waals surface area (Å²) in [6, 6.07) is 0. The van der Waals surface area contributed by atoms with Crippen LogP contribution >= 0.6 is 0 Å². The van der Waals surface area contributed by atoms with Crippen LogP contribution in [0.25, 0.3) is 0 Å². The van der Waals surface area contributed by atoms with E-state index in [1.165, 1.54) is 147 Å². The van der Waals surface area contributed by atoms with Gasteiger partial charge in [-0.1, -0.05) is 148 Å². The highest BCUT2D eigenvalue weighted by Gasteiger charge is 1.96. The normalized spacial score (nSPS) is 11.2. The number of rotatable bonds is 22. The summed E-state index contributed by atoms with van der Waals surface area (Å²) in [5, 5.41) is 0. The second-order valence-corrected chi connectivity index (χ2v) is 8.57. The van der Waals surface area contributed by atoms with Crippen LogP contribution < -0.4 is 0 Å². The van der Waals surface area contributed by atoms with Crippen LogP contribution in [0.15, 0.2) is 12.2 Å². The molecule has 0 aromatic heterocycles. The van der Waals surface area contributed by atoms with Crippen LogP contribution in [-0.2, 0) is 0 Å². The minimum absolute atomic E-state index is 1.17. The lowest BCUT2D eigenvalue weighted by molar-refractivity contribution is 0.521. The molecule has 0 heterocycles. The lowest BCUT2D eigenvalue weighted by Gasteiger charge is -2.04. The molecule has 0 fully saturated rings. The van der Waals surface area contributed by atoms with Crippen molar-refractivity contribution in [2.75, 3.05) is 0 Å². The zero-order chi connectivity index (χ0) is 19.1. The maximum Gasteiger partial charge on any atom is -0.0323 e. The number of unbranched alkanes of at least 4 members (excludes halogenated alkanes) is 19. The lowest BCUT2D eigenvalue weighted by atomic mass is 10.0. The predicted octanol–water partition coefficient (Wildman–Crippen LogP) is 10.2. The first-order valence-electron chi connectivity index (χ1n) is 12.5.